The summed E-state index contributed by atoms with van der Waals surface area (Å²) < 4.78 is 5.29. The molecule has 0 spiro atoms. The van der Waals surface area contributed by atoms with Gasteiger partial charge in [0.15, 0.2) is 5.76 Å². The summed E-state index contributed by atoms with van der Waals surface area (Å²) in [7, 11) is 2.17. The van der Waals surface area contributed by atoms with E-state index in [1.54, 1.807) is 0 Å². The molecule has 0 saturated heterocycles. The molecule has 1 fully saturated rings. The molecule has 0 bridgehead atoms. The third-order valence-electron chi connectivity index (χ3n) is 4.15. The van der Waals surface area contributed by atoms with E-state index in [4.69, 9.17) is 10.3 Å². The lowest BCUT2D eigenvalue weighted by Gasteiger charge is -2.38. The van der Waals surface area contributed by atoms with Crippen LogP contribution in [0.2, 0.25) is 0 Å². The van der Waals surface area contributed by atoms with Gasteiger partial charge >= 0.3 is 0 Å². The van der Waals surface area contributed by atoms with E-state index in [1.165, 1.54) is 25.7 Å². The van der Waals surface area contributed by atoms with Gasteiger partial charge < -0.3 is 10.3 Å². The smallest absolute Gasteiger partial charge is 0.151 e. The maximum atomic E-state index is 5.53. The van der Waals surface area contributed by atoms with Crippen molar-refractivity contribution in [3.05, 3.63) is 17.5 Å². The third kappa shape index (κ3) is 3.33. The van der Waals surface area contributed by atoms with Gasteiger partial charge in [-0.3, -0.25) is 4.90 Å². The summed E-state index contributed by atoms with van der Waals surface area (Å²) in [5.74, 6) is 0.919. The SMILES string of the molecule is CN(Cc1cc(CN)no1)C1CCC(C)(C)CC1. The van der Waals surface area contributed by atoms with Gasteiger partial charge in [0.05, 0.1) is 12.2 Å². The van der Waals surface area contributed by atoms with Crippen LogP contribution in [0.15, 0.2) is 10.6 Å². The highest BCUT2D eigenvalue weighted by atomic mass is 16.5. The molecule has 1 aromatic heterocycles. The van der Waals surface area contributed by atoms with Crippen molar-refractivity contribution < 1.29 is 4.52 Å². The Morgan fingerprint density at radius 1 is 1.44 bits per heavy atom. The molecular formula is C14H25N3O. The minimum atomic E-state index is 0.449. The van der Waals surface area contributed by atoms with Crippen LogP contribution in [0.5, 0.6) is 0 Å². The van der Waals surface area contributed by atoms with E-state index in [0.29, 0.717) is 18.0 Å². The van der Waals surface area contributed by atoms with E-state index >= 15 is 0 Å². The molecule has 0 unspecified atom stereocenters. The van der Waals surface area contributed by atoms with Crippen molar-refractivity contribution in [1.29, 1.82) is 0 Å². The van der Waals surface area contributed by atoms with Crippen LogP contribution in [0, 0.1) is 5.41 Å². The molecule has 0 amide bonds. The molecule has 2 N–H and O–H groups in total. The predicted molar refractivity (Wildman–Crippen MR) is 71.9 cm³/mol. The Hall–Kier alpha value is -0.870. The molecule has 18 heavy (non-hydrogen) atoms. The molecule has 1 heterocycles. The zero-order valence-corrected chi connectivity index (χ0v) is 11.8. The number of nitrogens with two attached hydrogens (primary N) is 1. The molecule has 0 atom stereocenters. The Morgan fingerprint density at radius 2 is 2.11 bits per heavy atom. The summed E-state index contributed by atoms with van der Waals surface area (Å²) in [5.41, 5.74) is 6.89. The Morgan fingerprint density at radius 3 is 2.67 bits per heavy atom. The monoisotopic (exact) mass is 251 g/mol. The highest BCUT2D eigenvalue weighted by molar-refractivity contribution is 5.04. The first-order chi connectivity index (χ1) is 8.50. The molecule has 1 aliphatic carbocycles. The summed E-state index contributed by atoms with van der Waals surface area (Å²) in [5, 5.41) is 3.93. The topological polar surface area (TPSA) is 55.3 Å². The first-order valence-corrected chi connectivity index (χ1v) is 6.85. The van der Waals surface area contributed by atoms with Gasteiger partial charge in [-0.1, -0.05) is 19.0 Å². The van der Waals surface area contributed by atoms with Gasteiger partial charge in [0.2, 0.25) is 0 Å². The lowest BCUT2D eigenvalue weighted by Crippen LogP contribution is -2.36. The van der Waals surface area contributed by atoms with Gasteiger partial charge in [0.1, 0.15) is 0 Å². The Kier molecular flexibility index (Phi) is 4.07. The average Bonchev–Trinajstić information content (AvgIpc) is 2.76. The quantitative estimate of drug-likeness (QED) is 0.893. The largest absolute Gasteiger partial charge is 0.360 e. The lowest BCUT2D eigenvalue weighted by atomic mass is 9.75. The fourth-order valence-electron chi connectivity index (χ4n) is 2.73. The van der Waals surface area contributed by atoms with Gasteiger partial charge in [0, 0.05) is 18.7 Å². The molecule has 4 nitrogen and oxygen atoms in total. The zero-order valence-electron chi connectivity index (χ0n) is 11.8. The molecule has 4 heteroatoms. The van der Waals surface area contributed by atoms with E-state index in [9.17, 15) is 0 Å². The van der Waals surface area contributed by atoms with Gasteiger partial charge in [-0.2, -0.15) is 0 Å². The second-order valence-corrected chi connectivity index (χ2v) is 6.30. The summed E-state index contributed by atoms with van der Waals surface area (Å²) in [6.45, 7) is 6.02. The van der Waals surface area contributed by atoms with E-state index < -0.39 is 0 Å². The fraction of sp³-hybridized carbons (Fsp3) is 0.786. The van der Waals surface area contributed by atoms with Crippen LogP contribution in [-0.2, 0) is 13.1 Å². The number of hydrogen-bond acceptors (Lipinski definition) is 4. The standard InChI is InChI=1S/C14H25N3O/c1-14(2)6-4-12(5-7-14)17(3)10-13-8-11(9-15)16-18-13/h8,12H,4-7,9-10,15H2,1-3H3. The minimum absolute atomic E-state index is 0.449. The van der Waals surface area contributed by atoms with E-state index in [2.05, 4.69) is 31.0 Å². The molecule has 0 radical (unpaired) electrons. The number of hydrogen-bond donors (Lipinski definition) is 1. The van der Waals surface area contributed by atoms with Crippen molar-refractivity contribution in [3.8, 4) is 0 Å². The van der Waals surface area contributed by atoms with Crippen LogP contribution in [-0.4, -0.2) is 23.1 Å². The maximum absolute atomic E-state index is 5.53. The Bertz CT molecular complexity index is 376. The van der Waals surface area contributed by atoms with Crippen LogP contribution in [0.25, 0.3) is 0 Å². The third-order valence-corrected chi connectivity index (χ3v) is 4.15. The van der Waals surface area contributed by atoms with Crippen molar-refractivity contribution in [2.75, 3.05) is 7.05 Å². The Balaban J connectivity index is 1.86. The summed E-state index contributed by atoms with van der Waals surface area (Å²) in [4.78, 5) is 2.38. The Labute approximate surface area is 110 Å². The second-order valence-electron chi connectivity index (χ2n) is 6.30. The number of nitrogens with zero attached hydrogens (tertiary/aromatic N) is 2. The van der Waals surface area contributed by atoms with Crippen LogP contribution in [0.4, 0.5) is 0 Å². The van der Waals surface area contributed by atoms with Gasteiger partial charge in [-0.25, -0.2) is 0 Å². The average molecular weight is 251 g/mol. The molecule has 0 aromatic carbocycles. The van der Waals surface area contributed by atoms with Gasteiger partial charge in [-0.05, 0) is 38.1 Å². The van der Waals surface area contributed by atoms with Crippen LogP contribution in [0.1, 0.15) is 51.0 Å². The highest BCUT2D eigenvalue weighted by Crippen LogP contribution is 2.36. The predicted octanol–water partition coefficient (Wildman–Crippen LogP) is 2.53. The van der Waals surface area contributed by atoms with Crippen molar-refractivity contribution in [3.63, 3.8) is 0 Å². The van der Waals surface area contributed by atoms with Crippen LogP contribution in [0.3, 0.4) is 0 Å². The van der Waals surface area contributed by atoms with Gasteiger partial charge in [-0.15, -0.1) is 0 Å². The van der Waals surface area contributed by atoms with Crippen LogP contribution >= 0.6 is 0 Å². The fourth-order valence-corrected chi connectivity index (χ4v) is 2.73. The molecule has 0 aliphatic heterocycles. The molecule has 102 valence electrons. The van der Waals surface area contributed by atoms with E-state index in [0.717, 1.165) is 18.0 Å². The molecule has 1 aliphatic rings. The maximum Gasteiger partial charge on any atom is 0.151 e. The number of rotatable bonds is 4. The van der Waals surface area contributed by atoms with Crippen molar-refractivity contribution in [1.82, 2.24) is 10.1 Å². The molecular weight excluding hydrogens is 226 g/mol. The highest BCUT2D eigenvalue weighted by Gasteiger charge is 2.29. The molecule has 2 rings (SSSR count). The van der Waals surface area contributed by atoms with Crippen molar-refractivity contribution >= 4 is 0 Å². The second kappa shape index (κ2) is 5.41. The van der Waals surface area contributed by atoms with E-state index in [1.807, 2.05) is 6.07 Å². The molecule has 1 aromatic rings. The van der Waals surface area contributed by atoms with E-state index in [-0.39, 0.29) is 0 Å². The first-order valence-electron chi connectivity index (χ1n) is 6.85. The summed E-state index contributed by atoms with van der Waals surface area (Å²) in [6.07, 6.45) is 5.18. The minimum Gasteiger partial charge on any atom is -0.360 e. The first kappa shape index (κ1) is 13.6. The summed E-state index contributed by atoms with van der Waals surface area (Å²) >= 11 is 0. The van der Waals surface area contributed by atoms with Crippen molar-refractivity contribution in [2.45, 2.75) is 58.7 Å². The normalized spacial score (nSPS) is 20.5. The van der Waals surface area contributed by atoms with Crippen molar-refractivity contribution in [2.24, 2.45) is 11.1 Å². The summed E-state index contributed by atoms with van der Waals surface area (Å²) in [6, 6.07) is 2.63. The lowest BCUT2D eigenvalue weighted by molar-refractivity contribution is 0.115. The van der Waals surface area contributed by atoms with Gasteiger partial charge in [0.25, 0.3) is 0 Å². The zero-order chi connectivity index (χ0) is 13.2. The number of aromatic nitrogens is 1. The van der Waals surface area contributed by atoms with Crippen LogP contribution < -0.4 is 5.73 Å². The molecule has 1 saturated carbocycles.